The van der Waals surface area contributed by atoms with Crippen LogP contribution in [0, 0.1) is 6.92 Å². The fourth-order valence-corrected chi connectivity index (χ4v) is 3.49. The largest absolute Gasteiger partial charge is 0.380 e. The quantitative estimate of drug-likeness (QED) is 0.799. The van der Waals surface area contributed by atoms with Gasteiger partial charge in [-0.05, 0) is 27.4 Å². The molecule has 0 amide bonds. The van der Waals surface area contributed by atoms with Gasteiger partial charge in [0.2, 0.25) is 0 Å². The van der Waals surface area contributed by atoms with Crippen LogP contribution in [0.4, 0.5) is 11.6 Å². The first-order chi connectivity index (χ1) is 12.5. The van der Waals surface area contributed by atoms with E-state index in [1.165, 1.54) is 5.56 Å². The zero-order valence-electron chi connectivity index (χ0n) is 16.3. The van der Waals surface area contributed by atoms with Gasteiger partial charge in [0.1, 0.15) is 18.0 Å². The maximum absolute atomic E-state index is 5.61. The molecule has 2 atom stereocenters. The number of aromatic nitrogens is 4. The molecule has 0 saturated carbocycles. The van der Waals surface area contributed by atoms with Crippen molar-refractivity contribution in [2.24, 2.45) is 0 Å². The van der Waals surface area contributed by atoms with Crippen LogP contribution < -0.4 is 9.80 Å². The van der Waals surface area contributed by atoms with E-state index < -0.39 is 0 Å². The smallest absolute Gasteiger partial charge is 0.134 e. The molecule has 8 heteroatoms. The van der Waals surface area contributed by atoms with E-state index in [0.717, 1.165) is 43.4 Å². The van der Waals surface area contributed by atoms with Gasteiger partial charge >= 0.3 is 0 Å². The maximum atomic E-state index is 5.61. The molecule has 1 aliphatic heterocycles. The van der Waals surface area contributed by atoms with Crippen molar-refractivity contribution in [2.45, 2.75) is 32.0 Å². The van der Waals surface area contributed by atoms with Crippen LogP contribution >= 0.6 is 0 Å². The van der Waals surface area contributed by atoms with Crippen molar-refractivity contribution >= 4 is 11.6 Å². The standard InChI is InChI=1S/C18H29N7O/c1-13-14(8-21-22-13)9-24(4)17-7-18(20-12-19-17)25-11-16(26-5)6-15(25)10-23(2)3/h7-8,12,15-16H,6,9-11H2,1-5H3,(H,21,22)/t15-,16-/m0/s1. The van der Waals surface area contributed by atoms with Crippen LogP contribution in [0.25, 0.3) is 0 Å². The minimum atomic E-state index is 0.240. The summed E-state index contributed by atoms with van der Waals surface area (Å²) in [7, 11) is 8.03. The van der Waals surface area contributed by atoms with Gasteiger partial charge in [0.25, 0.3) is 0 Å². The van der Waals surface area contributed by atoms with Gasteiger partial charge in [0, 0.05) is 57.2 Å². The first kappa shape index (κ1) is 18.6. The second-order valence-electron chi connectivity index (χ2n) is 7.27. The topological polar surface area (TPSA) is 73.4 Å². The van der Waals surface area contributed by atoms with Crippen LogP contribution in [-0.4, -0.2) is 78.6 Å². The molecule has 142 valence electrons. The van der Waals surface area contributed by atoms with Crippen LogP contribution in [0.3, 0.4) is 0 Å². The molecule has 1 N–H and O–H groups in total. The third-order valence-corrected chi connectivity index (χ3v) is 4.95. The van der Waals surface area contributed by atoms with Crippen molar-refractivity contribution in [2.75, 3.05) is 51.1 Å². The summed E-state index contributed by atoms with van der Waals surface area (Å²) in [5.74, 6) is 1.86. The summed E-state index contributed by atoms with van der Waals surface area (Å²) >= 11 is 0. The first-order valence-electron chi connectivity index (χ1n) is 8.94. The molecule has 1 aliphatic rings. The van der Waals surface area contributed by atoms with Crippen molar-refractivity contribution in [3.8, 4) is 0 Å². The minimum Gasteiger partial charge on any atom is -0.380 e. The number of aromatic amines is 1. The van der Waals surface area contributed by atoms with Crippen molar-refractivity contribution in [1.82, 2.24) is 25.1 Å². The van der Waals surface area contributed by atoms with E-state index in [9.17, 15) is 0 Å². The SMILES string of the molecule is CO[C@H]1C[C@@H](CN(C)C)N(c2cc(N(C)Cc3cn[nH]c3C)ncn2)C1. The number of anilines is 2. The third kappa shape index (κ3) is 4.13. The Morgan fingerprint density at radius 1 is 1.31 bits per heavy atom. The number of hydrogen-bond acceptors (Lipinski definition) is 7. The number of aryl methyl sites for hydroxylation is 1. The Hall–Kier alpha value is -2.19. The highest BCUT2D eigenvalue weighted by molar-refractivity contribution is 5.51. The highest BCUT2D eigenvalue weighted by Crippen LogP contribution is 2.28. The zero-order valence-corrected chi connectivity index (χ0v) is 16.3. The van der Waals surface area contributed by atoms with Gasteiger partial charge in [-0.15, -0.1) is 0 Å². The maximum Gasteiger partial charge on any atom is 0.134 e. The fraction of sp³-hybridized carbons (Fsp3) is 0.611. The van der Waals surface area contributed by atoms with Crippen LogP contribution in [0.5, 0.6) is 0 Å². The normalized spacial score (nSPS) is 20.2. The van der Waals surface area contributed by atoms with Crippen molar-refractivity contribution < 1.29 is 4.74 Å². The summed E-state index contributed by atoms with van der Waals surface area (Å²) in [6, 6.07) is 2.45. The van der Waals surface area contributed by atoms with E-state index in [2.05, 4.69) is 55.0 Å². The predicted molar refractivity (Wildman–Crippen MR) is 103 cm³/mol. The van der Waals surface area contributed by atoms with Crippen LogP contribution in [0.15, 0.2) is 18.6 Å². The molecule has 0 radical (unpaired) electrons. The minimum absolute atomic E-state index is 0.240. The van der Waals surface area contributed by atoms with Crippen LogP contribution in [0.2, 0.25) is 0 Å². The Morgan fingerprint density at radius 3 is 2.77 bits per heavy atom. The van der Waals surface area contributed by atoms with Gasteiger partial charge in [-0.3, -0.25) is 5.10 Å². The van der Waals surface area contributed by atoms with Gasteiger partial charge in [-0.25, -0.2) is 9.97 Å². The number of methoxy groups -OCH3 is 1. The lowest BCUT2D eigenvalue weighted by Gasteiger charge is -2.28. The lowest BCUT2D eigenvalue weighted by molar-refractivity contribution is 0.117. The molecule has 0 aliphatic carbocycles. The number of ether oxygens (including phenoxy) is 1. The highest BCUT2D eigenvalue weighted by Gasteiger charge is 2.33. The lowest BCUT2D eigenvalue weighted by Crippen LogP contribution is -2.38. The summed E-state index contributed by atoms with van der Waals surface area (Å²) in [6.45, 7) is 4.61. The molecule has 1 fully saturated rings. The van der Waals surface area contributed by atoms with E-state index in [0.29, 0.717) is 6.04 Å². The molecule has 26 heavy (non-hydrogen) atoms. The molecule has 0 unspecified atom stereocenters. The van der Waals surface area contributed by atoms with Crippen LogP contribution in [-0.2, 0) is 11.3 Å². The summed E-state index contributed by atoms with van der Waals surface area (Å²) in [5, 5.41) is 7.07. The molecular formula is C18H29N7O. The average molecular weight is 359 g/mol. The molecule has 2 aromatic rings. The molecular weight excluding hydrogens is 330 g/mol. The predicted octanol–water partition coefficient (Wildman–Crippen LogP) is 1.30. The summed E-state index contributed by atoms with van der Waals surface area (Å²) < 4.78 is 5.61. The summed E-state index contributed by atoms with van der Waals surface area (Å²) in [4.78, 5) is 15.7. The fourth-order valence-electron chi connectivity index (χ4n) is 3.49. The number of nitrogens with one attached hydrogen (secondary N) is 1. The average Bonchev–Trinajstić information content (AvgIpc) is 3.21. The highest BCUT2D eigenvalue weighted by atomic mass is 16.5. The van der Waals surface area contributed by atoms with E-state index in [4.69, 9.17) is 4.74 Å². The van der Waals surface area contributed by atoms with Gasteiger partial charge in [-0.2, -0.15) is 5.10 Å². The Balaban J connectivity index is 1.78. The Morgan fingerprint density at radius 2 is 2.12 bits per heavy atom. The molecule has 2 aromatic heterocycles. The van der Waals surface area contributed by atoms with Gasteiger partial charge < -0.3 is 19.4 Å². The van der Waals surface area contributed by atoms with E-state index in [1.807, 2.05) is 20.2 Å². The second kappa shape index (κ2) is 8.01. The van der Waals surface area contributed by atoms with Gasteiger partial charge in [0.15, 0.2) is 0 Å². The zero-order chi connectivity index (χ0) is 18.7. The van der Waals surface area contributed by atoms with Crippen LogP contribution in [0.1, 0.15) is 17.7 Å². The number of hydrogen-bond donors (Lipinski definition) is 1. The van der Waals surface area contributed by atoms with Crippen molar-refractivity contribution in [3.63, 3.8) is 0 Å². The molecule has 3 heterocycles. The summed E-state index contributed by atoms with van der Waals surface area (Å²) in [6.07, 6.45) is 4.77. The number of H-pyrrole nitrogens is 1. The molecule has 0 bridgehead atoms. The van der Waals surface area contributed by atoms with E-state index in [1.54, 1.807) is 13.4 Å². The Kier molecular flexibility index (Phi) is 5.73. The lowest BCUT2D eigenvalue weighted by atomic mass is 10.2. The Labute approximate surface area is 155 Å². The number of nitrogens with zero attached hydrogens (tertiary/aromatic N) is 6. The first-order valence-corrected chi connectivity index (χ1v) is 8.94. The molecule has 0 aromatic carbocycles. The monoisotopic (exact) mass is 359 g/mol. The molecule has 8 nitrogen and oxygen atoms in total. The van der Waals surface area contributed by atoms with Crippen molar-refractivity contribution in [3.05, 3.63) is 29.8 Å². The van der Waals surface area contributed by atoms with E-state index >= 15 is 0 Å². The number of likely N-dealkylation sites (N-methyl/N-ethyl adjacent to an activating group) is 1. The van der Waals surface area contributed by atoms with Crippen molar-refractivity contribution in [1.29, 1.82) is 0 Å². The number of rotatable bonds is 7. The van der Waals surface area contributed by atoms with Gasteiger partial charge in [-0.1, -0.05) is 0 Å². The van der Waals surface area contributed by atoms with Gasteiger partial charge in [0.05, 0.1) is 12.3 Å². The molecule has 0 spiro atoms. The third-order valence-electron chi connectivity index (χ3n) is 4.95. The summed E-state index contributed by atoms with van der Waals surface area (Å²) in [5.41, 5.74) is 2.25. The molecule has 1 saturated heterocycles. The Bertz CT molecular complexity index is 717. The molecule has 3 rings (SSSR count). The van der Waals surface area contributed by atoms with E-state index in [-0.39, 0.29) is 6.10 Å². The second-order valence-corrected chi connectivity index (χ2v) is 7.27.